The summed E-state index contributed by atoms with van der Waals surface area (Å²) >= 11 is 0. The van der Waals surface area contributed by atoms with Gasteiger partial charge in [-0.05, 0) is 25.2 Å². The van der Waals surface area contributed by atoms with Crippen molar-refractivity contribution in [3.8, 4) is 0 Å². The number of carboxylic acid groups (broad SMARTS) is 1. The van der Waals surface area contributed by atoms with E-state index < -0.39 is 54.3 Å². The molecule has 0 fully saturated rings. The van der Waals surface area contributed by atoms with Crippen molar-refractivity contribution in [3.05, 3.63) is 0 Å². The Morgan fingerprint density at radius 1 is 0.939 bits per heavy atom. The maximum atomic E-state index is 12.9. The summed E-state index contributed by atoms with van der Waals surface area (Å²) < 4.78 is 0. The molecule has 4 amide bonds. The summed E-state index contributed by atoms with van der Waals surface area (Å²) in [6, 6.07) is -3.18. The highest BCUT2D eigenvalue weighted by Crippen LogP contribution is 2.08. The van der Waals surface area contributed by atoms with Crippen molar-refractivity contribution in [1.82, 2.24) is 16.0 Å². The number of hydrogen-bond donors (Lipinski definition) is 8. The van der Waals surface area contributed by atoms with Crippen LogP contribution in [0.2, 0.25) is 0 Å². The lowest BCUT2D eigenvalue weighted by Gasteiger charge is -2.25. The molecule has 0 rings (SSSR count). The summed E-state index contributed by atoms with van der Waals surface area (Å²) in [5, 5.41) is 15.9. The Morgan fingerprint density at radius 3 is 2.03 bits per heavy atom. The number of nitrogens with one attached hydrogen (secondary N) is 3. The molecule has 0 heterocycles. The van der Waals surface area contributed by atoms with E-state index in [4.69, 9.17) is 28.0 Å². The van der Waals surface area contributed by atoms with E-state index in [9.17, 15) is 24.0 Å². The molecular weight excluding hydrogens is 436 g/mol. The molecule has 0 aliphatic carbocycles. The number of nitrogens with two attached hydrogens (primary N) is 4. The predicted octanol–water partition coefficient (Wildman–Crippen LogP) is -3.15. The summed E-state index contributed by atoms with van der Waals surface area (Å²) in [6.07, 6.45) is 0.709. The van der Waals surface area contributed by atoms with E-state index >= 15 is 0 Å². The monoisotopic (exact) mass is 472 g/mol. The number of aliphatic imine (C=N–C) groups is 1. The smallest absolute Gasteiger partial charge is 0.322 e. The van der Waals surface area contributed by atoms with Gasteiger partial charge in [-0.15, -0.1) is 0 Å². The standard InChI is InChI=1S/C19H36N8O6/c1-3-10(2)15(21)18(33)27-11(5-4-8-24-19(22)23)17(32)26-12(6-7-13(20)28)16(31)25-9-14(29)30/h10-12,15H,3-9,21H2,1-2H3,(H2,20,28)(H,25,31)(H,26,32)(H,27,33)(H,29,30)(H4,22,23,24). The van der Waals surface area contributed by atoms with E-state index in [1.54, 1.807) is 6.92 Å². The minimum absolute atomic E-state index is 0.125. The van der Waals surface area contributed by atoms with Gasteiger partial charge in [-0.1, -0.05) is 20.3 Å². The molecule has 0 aliphatic heterocycles. The van der Waals surface area contributed by atoms with E-state index in [-0.39, 0.29) is 37.7 Å². The number of carboxylic acids is 1. The van der Waals surface area contributed by atoms with E-state index in [1.165, 1.54) is 0 Å². The fourth-order valence-electron chi connectivity index (χ4n) is 2.67. The van der Waals surface area contributed by atoms with Gasteiger partial charge in [-0.25, -0.2) is 0 Å². The minimum atomic E-state index is -1.28. The molecular formula is C19H36N8O6. The van der Waals surface area contributed by atoms with Gasteiger partial charge in [-0.3, -0.25) is 29.0 Å². The van der Waals surface area contributed by atoms with Crippen LogP contribution in [-0.2, 0) is 24.0 Å². The Balaban J connectivity index is 5.45. The number of hydrogen-bond acceptors (Lipinski definition) is 7. The molecule has 0 spiro atoms. The van der Waals surface area contributed by atoms with E-state index in [1.807, 2.05) is 6.92 Å². The van der Waals surface area contributed by atoms with Crippen LogP contribution in [0.3, 0.4) is 0 Å². The number of aliphatic carboxylic acids is 1. The zero-order chi connectivity index (χ0) is 25.6. The van der Waals surface area contributed by atoms with Crippen LogP contribution in [0.1, 0.15) is 46.0 Å². The molecule has 33 heavy (non-hydrogen) atoms. The van der Waals surface area contributed by atoms with Crippen LogP contribution in [0, 0.1) is 5.92 Å². The van der Waals surface area contributed by atoms with Gasteiger partial charge < -0.3 is 44.0 Å². The lowest BCUT2D eigenvalue weighted by molar-refractivity contribution is -0.138. The fourth-order valence-corrected chi connectivity index (χ4v) is 2.67. The van der Waals surface area contributed by atoms with Crippen LogP contribution in [0.4, 0.5) is 0 Å². The van der Waals surface area contributed by atoms with Crippen LogP contribution in [0.15, 0.2) is 4.99 Å². The third-order valence-corrected chi connectivity index (χ3v) is 4.86. The average molecular weight is 473 g/mol. The molecule has 0 radical (unpaired) electrons. The fraction of sp³-hybridized carbons (Fsp3) is 0.684. The largest absolute Gasteiger partial charge is 0.480 e. The van der Waals surface area contributed by atoms with Crippen molar-refractivity contribution >= 4 is 35.6 Å². The second-order valence-corrected chi connectivity index (χ2v) is 7.60. The summed E-state index contributed by atoms with van der Waals surface area (Å²) in [5.74, 6) is -4.33. The number of carbonyl (C=O) groups excluding carboxylic acids is 4. The first-order chi connectivity index (χ1) is 15.4. The number of rotatable bonds is 16. The van der Waals surface area contributed by atoms with Gasteiger partial charge in [0.05, 0.1) is 6.04 Å². The zero-order valence-corrected chi connectivity index (χ0v) is 19.0. The molecule has 0 aromatic rings. The van der Waals surface area contributed by atoms with Crippen molar-refractivity contribution in [2.75, 3.05) is 13.1 Å². The lowest BCUT2D eigenvalue weighted by Crippen LogP contribution is -2.56. The highest BCUT2D eigenvalue weighted by molar-refractivity contribution is 5.94. The Labute approximate surface area is 192 Å². The molecule has 0 saturated carbocycles. The molecule has 188 valence electrons. The van der Waals surface area contributed by atoms with Crippen molar-refractivity contribution < 1.29 is 29.1 Å². The lowest BCUT2D eigenvalue weighted by atomic mass is 9.98. The van der Waals surface area contributed by atoms with Gasteiger partial charge in [0.15, 0.2) is 5.96 Å². The highest BCUT2D eigenvalue weighted by Gasteiger charge is 2.29. The van der Waals surface area contributed by atoms with Gasteiger partial charge in [0.2, 0.25) is 23.6 Å². The molecule has 0 aromatic heterocycles. The second kappa shape index (κ2) is 15.4. The van der Waals surface area contributed by atoms with Gasteiger partial charge in [0, 0.05) is 13.0 Å². The quantitative estimate of drug-likeness (QED) is 0.0639. The van der Waals surface area contributed by atoms with Crippen molar-refractivity contribution in [2.45, 2.75) is 64.1 Å². The Bertz CT molecular complexity index is 725. The third kappa shape index (κ3) is 12.9. The predicted molar refractivity (Wildman–Crippen MR) is 120 cm³/mol. The minimum Gasteiger partial charge on any atom is -0.480 e. The summed E-state index contributed by atoms with van der Waals surface area (Å²) in [5.41, 5.74) is 21.6. The maximum Gasteiger partial charge on any atom is 0.322 e. The summed E-state index contributed by atoms with van der Waals surface area (Å²) in [7, 11) is 0. The first-order valence-corrected chi connectivity index (χ1v) is 10.6. The number of guanidine groups is 1. The van der Waals surface area contributed by atoms with Crippen LogP contribution in [0.25, 0.3) is 0 Å². The topological polar surface area (TPSA) is 258 Å². The molecule has 4 atom stereocenters. The molecule has 14 nitrogen and oxygen atoms in total. The second-order valence-electron chi connectivity index (χ2n) is 7.60. The Kier molecular flexibility index (Phi) is 13.8. The van der Waals surface area contributed by atoms with Crippen molar-refractivity contribution in [1.29, 1.82) is 0 Å². The SMILES string of the molecule is CCC(C)C(N)C(=O)NC(CCCN=C(N)N)C(=O)NC(CCC(N)=O)C(=O)NCC(=O)O. The third-order valence-electron chi connectivity index (χ3n) is 4.86. The summed E-state index contributed by atoms with van der Waals surface area (Å²) in [4.78, 5) is 63.4. The number of carbonyl (C=O) groups is 5. The van der Waals surface area contributed by atoms with E-state index in [0.29, 0.717) is 12.8 Å². The Morgan fingerprint density at radius 2 is 1.52 bits per heavy atom. The van der Waals surface area contributed by atoms with Crippen LogP contribution in [0.5, 0.6) is 0 Å². The maximum absolute atomic E-state index is 12.9. The van der Waals surface area contributed by atoms with Gasteiger partial charge >= 0.3 is 5.97 Å². The number of amides is 4. The first kappa shape index (κ1) is 29.6. The van der Waals surface area contributed by atoms with Gasteiger partial charge in [-0.2, -0.15) is 0 Å². The number of primary amides is 1. The van der Waals surface area contributed by atoms with Gasteiger partial charge in [0.1, 0.15) is 18.6 Å². The zero-order valence-electron chi connectivity index (χ0n) is 19.0. The molecule has 0 aromatic carbocycles. The molecule has 0 bridgehead atoms. The van der Waals surface area contributed by atoms with Crippen LogP contribution >= 0.6 is 0 Å². The molecule has 4 unspecified atom stereocenters. The van der Waals surface area contributed by atoms with Crippen LogP contribution in [-0.4, -0.2) is 71.9 Å². The molecule has 0 saturated heterocycles. The van der Waals surface area contributed by atoms with Crippen molar-refractivity contribution in [2.24, 2.45) is 33.8 Å². The molecule has 14 heteroatoms. The van der Waals surface area contributed by atoms with Gasteiger partial charge in [0.25, 0.3) is 0 Å². The molecule has 12 N–H and O–H groups in total. The number of nitrogens with zero attached hydrogens (tertiary/aromatic N) is 1. The van der Waals surface area contributed by atoms with Crippen molar-refractivity contribution in [3.63, 3.8) is 0 Å². The first-order valence-electron chi connectivity index (χ1n) is 10.6. The summed E-state index contributed by atoms with van der Waals surface area (Å²) in [6.45, 7) is 3.19. The molecule has 0 aliphatic rings. The highest BCUT2D eigenvalue weighted by atomic mass is 16.4. The normalized spacial score (nSPS) is 14.2. The average Bonchev–Trinajstić information content (AvgIpc) is 2.74. The van der Waals surface area contributed by atoms with E-state index in [0.717, 1.165) is 0 Å². The van der Waals surface area contributed by atoms with Crippen LogP contribution < -0.4 is 38.9 Å². The Hall–Kier alpha value is -3.42. The van der Waals surface area contributed by atoms with E-state index in [2.05, 4.69) is 20.9 Å².